The van der Waals surface area contributed by atoms with Crippen molar-refractivity contribution in [3.05, 3.63) is 17.0 Å². The molecule has 1 aliphatic rings. The number of aliphatic hydroxyl groups excluding tert-OH is 1. The summed E-state index contributed by atoms with van der Waals surface area (Å²) in [5.41, 5.74) is 0. The molecule has 0 spiro atoms. The summed E-state index contributed by atoms with van der Waals surface area (Å²) in [5.74, 6) is 0.511. The second-order valence-corrected chi connectivity index (χ2v) is 8.57. The first kappa shape index (κ1) is 15.0. The summed E-state index contributed by atoms with van der Waals surface area (Å²) < 4.78 is 26.7. The zero-order chi connectivity index (χ0) is 13.9. The third-order valence-corrected chi connectivity index (χ3v) is 7.09. The zero-order valence-corrected chi connectivity index (χ0v) is 12.8. The minimum atomic E-state index is -3.35. The second kappa shape index (κ2) is 6.35. The van der Waals surface area contributed by atoms with Crippen molar-refractivity contribution in [1.82, 2.24) is 4.31 Å². The van der Waals surface area contributed by atoms with E-state index in [0.717, 1.165) is 17.7 Å². The Morgan fingerprint density at radius 1 is 1.37 bits per heavy atom. The van der Waals surface area contributed by atoms with Crippen LogP contribution >= 0.6 is 11.3 Å². The molecule has 1 aromatic heterocycles. The van der Waals surface area contributed by atoms with Crippen molar-refractivity contribution in [2.24, 2.45) is 5.92 Å². The molecule has 108 valence electrons. The molecule has 0 aromatic carbocycles. The Kier molecular flexibility index (Phi) is 5.00. The number of rotatable bonds is 6. The summed E-state index contributed by atoms with van der Waals surface area (Å²) in [6.07, 6.45) is 5.24. The number of sulfonamides is 1. The van der Waals surface area contributed by atoms with Gasteiger partial charge in [-0.15, -0.1) is 11.3 Å². The fourth-order valence-corrected chi connectivity index (χ4v) is 5.35. The van der Waals surface area contributed by atoms with Crippen LogP contribution in [0.15, 0.2) is 16.3 Å². The number of hydrogen-bond acceptors (Lipinski definition) is 4. The van der Waals surface area contributed by atoms with Crippen molar-refractivity contribution in [3.63, 3.8) is 0 Å². The van der Waals surface area contributed by atoms with Gasteiger partial charge in [-0.3, -0.25) is 0 Å². The standard InChI is InChI=1S/C13H21NO3S2/c1-14(10-11-4-2-3-5-11)19(16,17)13-7-6-12(18-13)8-9-15/h6-7,11,15H,2-5,8-10H2,1H3. The Labute approximate surface area is 119 Å². The van der Waals surface area contributed by atoms with Gasteiger partial charge in [-0.05, 0) is 30.9 Å². The maximum absolute atomic E-state index is 12.4. The van der Waals surface area contributed by atoms with Crippen LogP contribution in [0.25, 0.3) is 0 Å². The summed E-state index contributed by atoms with van der Waals surface area (Å²) in [6, 6.07) is 3.44. The van der Waals surface area contributed by atoms with E-state index in [1.54, 1.807) is 19.2 Å². The van der Waals surface area contributed by atoms with E-state index in [4.69, 9.17) is 5.11 Å². The molecular formula is C13H21NO3S2. The van der Waals surface area contributed by atoms with Crippen LogP contribution in [0.4, 0.5) is 0 Å². The van der Waals surface area contributed by atoms with Crippen LogP contribution in [0.3, 0.4) is 0 Å². The van der Waals surface area contributed by atoms with Gasteiger partial charge >= 0.3 is 0 Å². The summed E-state index contributed by atoms with van der Waals surface area (Å²) in [4.78, 5) is 0.912. The van der Waals surface area contributed by atoms with Crippen molar-refractivity contribution in [2.45, 2.75) is 36.3 Å². The van der Waals surface area contributed by atoms with E-state index in [1.807, 2.05) is 0 Å². The molecule has 4 nitrogen and oxygen atoms in total. The normalized spacial score (nSPS) is 17.4. The molecule has 1 aliphatic carbocycles. The summed E-state index contributed by atoms with van der Waals surface area (Å²) in [7, 11) is -1.69. The third kappa shape index (κ3) is 3.56. The highest BCUT2D eigenvalue weighted by Gasteiger charge is 2.26. The SMILES string of the molecule is CN(CC1CCCC1)S(=O)(=O)c1ccc(CCO)s1. The lowest BCUT2D eigenvalue weighted by Gasteiger charge is -2.19. The Hall–Kier alpha value is -0.430. The smallest absolute Gasteiger partial charge is 0.252 e. The largest absolute Gasteiger partial charge is 0.396 e. The van der Waals surface area contributed by atoms with E-state index in [1.165, 1.54) is 28.5 Å². The first-order valence-electron chi connectivity index (χ1n) is 6.70. The lowest BCUT2D eigenvalue weighted by molar-refractivity contribution is 0.300. The predicted molar refractivity (Wildman–Crippen MR) is 76.9 cm³/mol. The van der Waals surface area contributed by atoms with Crippen LogP contribution in [0.5, 0.6) is 0 Å². The van der Waals surface area contributed by atoms with Crippen LogP contribution in [0.2, 0.25) is 0 Å². The zero-order valence-electron chi connectivity index (χ0n) is 11.2. The molecule has 1 saturated carbocycles. The minimum absolute atomic E-state index is 0.0535. The molecule has 0 atom stereocenters. The molecule has 0 aliphatic heterocycles. The highest BCUT2D eigenvalue weighted by Crippen LogP contribution is 2.29. The van der Waals surface area contributed by atoms with E-state index in [-0.39, 0.29) is 6.61 Å². The molecule has 0 bridgehead atoms. The summed E-state index contributed by atoms with van der Waals surface area (Å²) in [6.45, 7) is 0.674. The topological polar surface area (TPSA) is 57.6 Å². The second-order valence-electron chi connectivity index (χ2n) is 5.13. The monoisotopic (exact) mass is 303 g/mol. The van der Waals surface area contributed by atoms with Gasteiger partial charge < -0.3 is 5.11 Å². The molecule has 0 saturated heterocycles. The van der Waals surface area contributed by atoms with Crippen LogP contribution in [-0.4, -0.2) is 38.0 Å². The first-order valence-corrected chi connectivity index (χ1v) is 8.95. The van der Waals surface area contributed by atoms with E-state index in [9.17, 15) is 8.42 Å². The molecule has 6 heteroatoms. The van der Waals surface area contributed by atoms with Gasteiger partial charge in [-0.25, -0.2) is 8.42 Å². The molecule has 0 amide bonds. The molecule has 1 N–H and O–H groups in total. The lowest BCUT2D eigenvalue weighted by atomic mass is 10.1. The molecular weight excluding hydrogens is 282 g/mol. The fraction of sp³-hybridized carbons (Fsp3) is 0.692. The molecule has 19 heavy (non-hydrogen) atoms. The van der Waals surface area contributed by atoms with Gasteiger partial charge in [0.25, 0.3) is 10.0 Å². The van der Waals surface area contributed by atoms with Crippen molar-refractivity contribution in [1.29, 1.82) is 0 Å². The molecule has 1 heterocycles. The van der Waals surface area contributed by atoms with Gasteiger partial charge in [-0.1, -0.05) is 12.8 Å². The maximum Gasteiger partial charge on any atom is 0.252 e. The van der Waals surface area contributed by atoms with E-state index < -0.39 is 10.0 Å². The van der Waals surface area contributed by atoms with Gasteiger partial charge in [0.2, 0.25) is 0 Å². The molecule has 0 radical (unpaired) electrons. The van der Waals surface area contributed by atoms with Gasteiger partial charge in [0.05, 0.1) is 0 Å². The fourth-order valence-electron chi connectivity index (χ4n) is 2.55. The molecule has 0 unspecified atom stereocenters. The lowest BCUT2D eigenvalue weighted by Crippen LogP contribution is -2.30. The van der Waals surface area contributed by atoms with E-state index in [0.29, 0.717) is 23.1 Å². The highest BCUT2D eigenvalue weighted by atomic mass is 32.2. The van der Waals surface area contributed by atoms with Gasteiger partial charge in [-0.2, -0.15) is 4.31 Å². The summed E-state index contributed by atoms with van der Waals surface area (Å²) >= 11 is 1.26. The van der Waals surface area contributed by atoms with Gasteiger partial charge in [0, 0.05) is 31.5 Å². The molecule has 2 rings (SSSR count). The van der Waals surface area contributed by atoms with E-state index in [2.05, 4.69) is 0 Å². The number of thiophene rings is 1. The first-order chi connectivity index (χ1) is 9.04. The average molecular weight is 303 g/mol. The molecule has 1 fully saturated rings. The van der Waals surface area contributed by atoms with Crippen LogP contribution in [0, 0.1) is 5.92 Å². The Balaban J connectivity index is 2.06. The maximum atomic E-state index is 12.4. The van der Waals surface area contributed by atoms with Crippen LogP contribution in [0.1, 0.15) is 30.6 Å². The van der Waals surface area contributed by atoms with Crippen molar-refractivity contribution in [2.75, 3.05) is 20.2 Å². The highest BCUT2D eigenvalue weighted by molar-refractivity contribution is 7.91. The summed E-state index contributed by atoms with van der Waals surface area (Å²) in [5, 5.41) is 8.88. The Morgan fingerprint density at radius 3 is 2.68 bits per heavy atom. The van der Waals surface area contributed by atoms with E-state index >= 15 is 0 Å². The average Bonchev–Trinajstić information content (AvgIpc) is 3.00. The number of aliphatic hydroxyl groups is 1. The van der Waals surface area contributed by atoms with Gasteiger partial charge in [0.15, 0.2) is 0 Å². The van der Waals surface area contributed by atoms with Crippen molar-refractivity contribution in [3.8, 4) is 0 Å². The Morgan fingerprint density at radius 2 is 2.05 bits per heavy atom. The number of hydrogen-bond donors (Lipinski definition) is 1. The molecule has 1 aromatic rings. The third-order valence-electron chi connectivity index (χ3n) is 3.65. The van der Waals surface area contributed by atoms with Gasteiger partial charge in [0.1, 0.15) is 4.21 Å². The Bertz CT molecular complexity index is 504. The quantitative estimate of drug-likeness (QED) is 0.875. The number of nitrogens with zero attached hydrogens (tertiary/aromatic N) is 1. The van der Waals surface area contributed by atoms with Crippen molar-refractivity contribution >= 4 is 21.4 Å². The van der Waals surface area contributed by atoms with Crippen LogP contribution < -0.4 is 0 Å². The van der Waals surface area contributed by atoms with Crippen molar-refractivity contribution < 1.29 is 13.5 Å². The van der Waals surface area contributed by atoms with Crippen LogP contribution in [-0.2, 0) is 16.4 Å². The predicted octanol–water partition coefficient (Wildman–Crippen LogP) is 2.09. The minimum Gasteiger partial charge on any atom is -0.396 e.